The number of hydrogen-bond donors (Lipinski definition) is 1. The maximum absolute atomic E-state index is 12.5. The number of aryl methyl sites for hydroxylation is 2. The molecule has 0 spiro atoms. The fourth-order valence-electron chi connectivity index (χ4n) is 2.98. The van der Waals surface area contributed by atoms with Gasteiger partial charge in [0.15, 0.2) is 0 Å². The Balaban J connectivity index is 1.75. The number of nitrogens with one attached hydrogen (secondary N) is 1. The third-order valence-electron chi connectivity index (χ3n) is 4.26. The number of hydrogen-bond acceptors (Lipinski definition) is 3. The quantitative estimate of drug-likeness (QED) is 0.922. The molecule has 1 aliphatic rings. The zero-order valence-corrected chi connectivity index (χ0v) is 13.3. The van der Waals surface area contributed by atoms with Crippen molar-refractivity contribution in [1.29, 1.82) is 0 Å². The minimum atomic E-state index is -0.225. The molecule has 0 fully saturated rings. The Labute approximate surface area is 135 Å². The average molecular weight is 311 g/mol. The molecule has 23 heavy (non-hydrogen) atoms. The zero-order valence-electron chi connectivity index (χ0n) is 13.3. The predicted molar refractivity (Wildman–Crippen MR) is 88.4 cm³/mol. The lowest BCUT2D eigenvalue weighted by atomic mass is 10.1. The summed E-state index contributed by atoms with van der Waals surface area (Å²) in [4.78, 5) is 24.2. The Bertz CT molecular complexity index is 767. The number of carbonyl (C=O) groups excluding carboxylic acids is 1. The van der Waals surface area contributed by atoms with Gasteiger partial charge in [-0.15, -0.1) is 0 Å². The summed E-state index contributed by atoms with van der Waals surface area (Å²) < 4.78 is 1.38. The summed E-state index contributed by atoms with van der Waals surface area (Å²) in [7, 11) is 0. The number of unbranched alkanes of at least 4 members (excludes halogenated alkanes) is 1. The summed E-state index contributed by atoms with van der Waals surface area (Å²) in [5.74, 6) is -0.225. The maximum Gasteiger partial charge on any atom is 0.272 e. The highest BCUT2D eigenvalue weighted by Crippen LogP contribution is 2.30. The van der Waals surface area contributed by atoms with Crippen molar-refractivity contribution in [3.05, 3.63) is 63.6 Å². The first-order valence-corrected chi connectivity index (χ1v) is 8.16. The van der Waals surface area contributed by atoms with Crippen LogP contribution in [0.25, 0.3) is 0 Å². The lowest BCUT2D eigenvalue weighted by Crippen LogP contribution is -2.31. The summed E-state index contributed by atoms with van der Waals surface area (Å²) in [5.41, 5.74) is 2.60. The van der Waals surface area contributed by atoms with Crippen molar-refractivity contribution in [2.45, 2.75) is 45.2 Å². The van der Waals surface area contributed by atoms with E-state index in [-0.39, 0.29) is 17.5 Å². The molecule has 5 nitrogen and oxygen atoms in total. The highest BCUT2D eigenvalue weighted by atomic mass is 16.2. The van der Waals surface area contributed by atoms with Crippen molar-refractivity contribution in [1.82, 2.24) is 15.1 Å². The molecule has 5 heteroatoms. The molecule has 1 aromatic heterocycles. The molecule has 1 amide bonds. The van der Waals surface area contributed by atoms with Crippen LogP contribution in [0.15, 0.2) is 41.2 Å². The number of amides is 1. The van der Waals surface area contributed by atoms with Crippen LogP contribution in [0.2, 0.25) is 0 Å². The van der Waals surface area contributed by atoms with Gasteiger partial charge in [-0.25, -0.2) is 4.68 Å². The lowest BCUT2D eigenvalue weighted by Gasteiger charge is -2.14. The van der Waals surface area contributed by atoms with Crippen LogP contribution in [0.5, 0.6) is 0 Å². The van der Waals surface area contributed by atoms with E-state index in [0.717, 1.165) is 25.7 Å². The SMILES string of the molecule is CCCCn1nc(C(=O)N[C@H]2CCc3ccccc32)ccc1=O. The minimum Gasteiger partial charge on any atom is -0.344 e. The van der Waals surface area contributed by atoms with Gasteiger partial charge < -0.3 is 5.32 Å². The van der Waals surface area contributed by atoms with E-state index in [1.54, 1.807) is 0 Å². The van der Waals surface area contributed by atoms with Gasteiger partial charge in [0.25, 0.3) is 11.5 Å². The lowest BCUT2D eigenvalue weighted by molar-refractivity contribution is 0.0929. The first-order valence-electron chi connectivity index (χ1n) is 8.16. The first-order chi connectivity index (χ1) is 11.2. The van der Waals surface area contributed by atoms with Gasteiger partial charge in [-0.05, 0) is 36.5 Å². The first kappa shape index (κ1) is 15.5. The molecule has 0 bridgehead atoms. The van der Waals surface area contributed by atoms with Crippen molar-refractivity contribution < 1.29 is 4.79 Å². The second-order valence-corrected chi connectivity index (χ2v) is 5.90. The number of fused-ring (bicyclic) bond motifs is 1. The molecule has 1 atom stereocenters. The molecule has 1 aliphatic carbocycles. The molecule has 0 aliphatic heterocycles. The second-order valence-electron chi connectivity index (χ2n) is 5.90. The van der Waals surface area contributed by atoms with Gasteiger partial charge in [0, 0.05) is 12.6 Å². The molecule has 0 radical (unpaired) electrons. The van der Waals surface area contributed by atoms with E-state index in [9.17, 15) is 9.59 Å². The minimum absolute atomic E-state index is 0.0246. The highest BCUT2D eigenvalue weighted by Gasteiger charge is 2.24. The maximum atomic E-state index is 12.5. The largest absolute Gasteiger partial charge is 0.344 e. The van der Waals surface area contributed by atoms with E-state index in [2.05, 4.69) is 29.5 Å². The smallest absolute Gasteiger partial charge is 0.272 e. The van der Waals surface area contributed by atoms with E-state index < -0.39 is 0 Å². The Morgan fingerprint density at radius 3 is 2.96 bits per heavy atom. The van der Waals surface area contributed by atoms with Crippen molar-refractivity contribution in [3.63, 3.8) is 0 Å². The Kier molecular flexibility index (Phi) is 4.55. The van der Waals surface area contributed by atoms with Crippen molar-refractivity contribution >= 4 is 5.91 Å². The van der Waals surface area contributed by atoms with E-state index in [0.29, 0.717) is 12.2 Å². The number of benzene rings is 1. The topological polar surface area (TPSA) is 64.0 Å². The molecule has 1 N–H and O–H groups in total. The van der Waals surface area contributed by atoms with Crippen LogP contribution in [0.4, 0.5) is 0 Å². The highest BCUT2D eigenvalue weighted by molar-refractivity contribution is 5.92. The van der Waals surface area contributed by atoms with E-state index in [4.69, 9.17) is 0 Å². The summed E-state index contributed by atoms with van der Waals surface area (Å²) >= 11 is 0. The van der Waals surface area contributed by atoms with E-state index >= 15 is 0 Å². The molecule has 1 heterocycles. The number of aromatic nitrogens is 2. The van der Waals surface area contributed by atoms with Crippen LogP contribution in [-0.2, 0) is 13.0 Å². The Hall–Kier alpha value is -2.43. The molecule has 0 saturated carbocycles. The van der Waals surface area contributed by atoms with Crippen LogP contribution in [0, 0.1) is 0 Å². The fourth-order valence-corrected chi connectivity index (χ4v) is 2.98. The number of carbonyl (C=O) groups is 1. The Morgan fingerprint density at radius 1 is 1.30 bits per heavy atom. The monoisotopic (exact) mass is 311 g/mol. The van der Waals surface area contributed by atoms with Crippen molar-refractivity contribution in [2.75, 3.05) is 0 Å². The van der Waals surface area contributed by atoms with Gasteiger partial charge in [0.2, 0.25) is 0 Å². The summed E-state index contributed by atoms with van der Waals surface area (Å²) in [6.45, 7) is 2.60. The average Bonchev–Trinajstić information content (AvgIpc) is 2.97. The molecule has 1 aromatic carbocycles. The Morgan fingerprint density at radius 2 is 2.13 bits per heavy atom. The standard InChI is InChI=1S/C18H21N3O2/c1-2-3-12-21-17(22)11-10-16(20-21)18(23)19-15-9-8-13-6-4-5-7-14(13)15/h4-7,10-11,15H,2-3,8-9,12H2,1H3,(H,19,23)/t15-/m0/s1. The van der Waals surface area contributed by atoms with Gasteiger partial charge in [0.1, 0.15) is 5.69 Å². The van der Waals surface area contributed by atoms with Gasteiger partial charge in [-0.2, -0.15) is 5.10 Å². The van der Waals surface area contributed by atoms with Crippen LogP contribution in [-0.4, -0.2) is 15.7 Å². The summed E-state index contributed by atoms with van der Waals surface area (Å²) in [5, 5.41) is 7.24. The van der Waals surface area contributed by atoms with Crippen LogP contribution < -0.4 is 10.9 Å². The normalized spacial score (nSPS) is 16.1. The third kappa shape index (κ3) is 3.33. The third-order valence-corrected chi connectivity index (χ3v) is 4.26. The molecule has 3 rings (SSSR count). The number of rotatable bonds is 5. The van der Waals surface area contributed by atoms with Crippen molar-refractivity contribution in [3.8, 4) is 0 Å². The summed E-state index contributed by atoms with van der Waals surface area (Å²) in [6, 6.07) is 11.1. The molecule has 0 saturated heterocycles. The molecule has 2 aromatic rings. The van der Waals surface area contributed by atoms with Gasteiger partial charge in [-0.1, -0.05) is 37.6 Å². The number of nitrogens with zero attached hydrogens (tertiary/aromatic N) is 2. The molecular weight excluding hydrogens is 290 g/mol. The molecule has 0 unspecified atom stereocenters. The predicted octanol–water partition coefficient (Wildman–Crippen LogP) is 2.46. The zero-order chi connectivity index (χ0) is 16.2. The fraction of sp³-hybridized carbons (Fsp3) is 0.389. The van der Waals surface area contributed by atoms with Crippen molar-refractivity contribution in [2.24, 2.45) is 0 Å². The van der Waals surface area contributed by atoms with Crippen LogP contribution in [0.3, 0.4) is 0 Å². The molecule has 120 valence electrons. The molecular formula is C18H21N3O2. The van der Waals surface area contributed by atoms with E-state index in [1.807, 2.05) is 12.1 Å². The van der Waals surface area contributed by atoms with Crippen LogP contribution >= 0.6 is 0 Å². The second kappa shape index (κ2) is 6.77. The van der Waals surface area contributed by atoms with Gasteiger partial charge in [0.05, 0.1) is 6.04 Å². The van der Waals surface area contributed by atoms with Gasteiger partial charge in [-0.3, -0.25) is 9.59 Å². The van der Waals surface area contributed by atoms with Gasteiger partial charge >= 0.3 is 0 Å². The van der Waals surface area contributed by atoms with E-state index in [1.165, 1.54) is 27.9 Å². The van der Waals surface area contributed by atoms with Crippen LogP contribution in [0.1, 0.15) is 53.8 Å². The summed E-state index contributed by atoms with van der Waals surface area (Å²) in [6.07, 6.45) is 3.72.